The van der Waals surface area contributed by atoms with Gasteiger partial charge in [0.1, 0.15) is 5.75 Å². The number of hydrogen-bond acceptors (Lipinski definition) is 6. The molecule has 0 saturated carbocycles. The number of sulfonamides is 1. The van der Waals surface area contributed by atoms with Crippen molar-refractivity contribution in [2.75, 3.05) is 31.6 Å². The summed E-state index contributed by atoms with van der Waals surface area (Å²) >= 11 is 0. The van der Waals surface area contributed by atoms with Gasteiger partial charge < -0.3 is 9.64 Å². The zero-order valence-electron chi connectivity index (χ0n) is 17.7. The molecule has 0 spiro atoms. The molecule has 2 fully saturated rings. The van der Waals surface area contributed by atoms with E-state index in [0.717, 1.165) is 30.8 Å². The number of benzene rings is 1. The van der Waals surface area contributed by atoms with Gasteiger partial charge in [-0.25, -0.2) is 18.0 Å². The van der Waals surface area contributed by atoms with Gasteiger partial charge in [0.2, 0.25) is 21.8 Å². The van der Waals surface area contributed by atoms with E-state index in [2.05, 4.69) is 16.5 Å². The fraction of sp³-hybridized carbons (Fsp3) is 0.619. The zero-order valence-corrected chi connectivity index (χ0v) is 18.5. The predicted molar refractivity (Wildman–Crippen MR) is 114 cm³/mol. The number of ether oxygens (including phenoxy) is 1. The SMILES string of the molecule is CC[C@H]1CCCCN1CCCNS(=O)(=O)c1ccc(OC)c(N2C(=O)CCC2=O)c1. The summed E-state index contributed by atoms with van der Waals surface area (Å²) in [5.41, 5.74) is 0.173. The molecule has 0 aromatic heterocycles. The van der Waals surface area contributed by atoms with E-state index in [1.165, 1.54) is 44.6 Å². The van der Waals surface area contributed by atoms with Gasteiger partial charge in [0, 0.05) is 25.4 Å². The van der Waals surface area contributed by atoms with E-state index in [0.29, 0.717) is 12.6 Å². The van der Waals surface area contributed by atoms with Crippen molar-refractivity contribution < 1.29 is 22.7 Å². The van der Waals surface area contributed by atoms with Crippen molar-refractivity contribution in [3.05, 3.63) is 18.2 Å². The number of piperidine rings is 1. The number of nitrogens with zero attached hydrogens (tertiary/aromatic N) is 2. The highest BCUT2D eigenvalue weighted by atomic mass is 32.2. The van der Waals surface area contributed by atoms with Gasteiger partial charge in [-0.3, -0.25) is 9.59 Å². The molecule has 3 rings (SSSR count). The molecular formula is C21H31N3O5S. The largest absolute Gasteiger partial charge is 0.495 e. The molecule has 1 aromatic rings. The van der Waals surface area contributed by atoms with E-state index < -0.39 is 10.0 Å². The smallest absolute Gasteiger partial charge is 0.240 e. The maximum atomic E-state index is 12.8. The van der Waals surface area contributed by atoms with Gasteiger partial charge in [-0.15, -0.1) is 0 Å². The standard InChI is InChI=1S/C21H31N3O5S/c1-3-16-7-4-5-13-23(16)14-6-12-22-30(27,28)17-8-9-19(29-2)18(15-17)24-20(25)10-11-21(24)26/h8-9,15-16,22H,3-7,10-14H2,1-2H3/t16-/m0/s1. The molecule has 0 unspecified atom stereocenters. The highest BCUT2D eigenvalue weighted by Crippen LogP contribution is 2.34. The fourth-order valence-electron chi connectivity index (χ4n) is 4.25. The van der Waals surface area contributed by atoms with Crippen LogP contribution in [-0.4, -0.2) is 57.9 Å². The van der Waals surface area contributed by atoms with Gasteiger partial charge in [-0.1, -0.05) is 13.3 Å². The van der Waals surface area contributed by atoms with Gasteiger partial charge in [0.25, 0.3) is 0 Å². The van der Waals surface area contributed by atoms with Gasteiger partial charge in [-0.2, -0.15) is 0 Å². The molecule has 0 aliphatic carbocycles. The summed E-state index contributed by atoms with van der Waals surface area (Å²) in [4.78, 5) is 27.7. The van der Waals surface area contributed by atoms with E-state index in [1.54, 1.807) is 0 Å². The Morgan fingerprint density at radius 1 is 1.17 bits per heavy atom. The Balaban J connectivity index is 1.66. The van der Waals surface area contributed by atoms with E-state index in [9.17, 15) is 18.0 Å². The molecule has 166 valence electrons. The van der Waals surface area contributed by atoms with Crippen molar-refractivity contribution in [1.82, 2.24) is 9.62 Å². The number of likely N-dealkylation sites (tertiary alicyclic amines) is 1. The minimum absolute atomic E-state index is 0.00945. The van der Waals surface area contributed by atoms with Crippen molar-refractivity contribution in [1.29, 1.82) is 0 Å². The Labute approximate surface area is 178 Å². The number of carbonyl (C=O) groups excluding carboxylic acids is 2. The number of methoxy groups -OCH3 is 1. The van der Waals surface area contributed by atoms with Crippen LogP contribution in [0.2, 0.25) is 0 Å². The van der Waals surface area contributed by atoms with E-state index in [-0.39, 0.29) is 41.0 Å². The first-order valence-electron chi connectivity index (χ1n) is 10.6. The van der Waals surface area contributed by atoms with Crippen LogP contribution in [0.15, 0.2) is 23.1 Å². The lowest BCUT2D eigenvalue weighted by atomic mass is 10.00. The van der Waals surface area contributed by atoms with Gasteiger partial charge in [0.05, 0.1) is 17.7 Å². The number of nitrogens with one attached hydrogen (secondary N) is 1. The molecule has 2 aliphatic heterocycles. The van der Waals surface area contributed by atoms with Gasteiger partial charge in [0.15, 0.2) is 0 Å². The van der Waals surface area contributed by atoms with Crippen molar-refractivity contribution in [2.24, 2.45) is 0 Å². The normalized spacial score (nSPS) is 20.7. The summed E-state index contributed by atoms with van der Waals surface area (Å²) in [6.45, 7) is 4.47. The lowest BCUT2D eigenvalue weighted by Gasteiger charge is -2.35. The number of carbonyl (C=O) groups is 2. The highest BCUT2D eigenvalue weighted by Gasteiger charge is 2.33. The molecule has 8 nitrogen and oxygen atoms in total. The van der Waals surface area contributed by atoms with Crippen LogP contribution >= 0.6 is 0 Å². The van der Waals surface area contributed by atoms with Gasteiger partial charge in [-0.05, 0) is 57.0 Å². The van der Waals surface area contributed by atoms with Crippen LogP contribution in [0.3, 0.4) is 0 Å². The second kappa shape index (κ2) is 9.89. The third-order valence-corrected chi connectivity index (χ3v) is 7.35. The first-order chi connectivity index (χ1) is 14.4. The van der Waals surface area contributed by atoms with Crippen LogP contribution in [0.25, 0.3) is 0 Å². The van der Waals surface area contributed by atoms with Crippen molar-refractivity contribution in [2.45, 2.75) is 62.8 Å². The number of imide groups is 1. The molecular weight excluding hydrogens is 406 g/mol. The van der Waals surface area contributed by atoms with E-state index in [4.69, 9.17) is 4.74 Å². The number of hydrogen-bond donors (Lipinski definition) is 1. The lowest BCUT2D eigenvalue weighted by Crippen LogP contribution is -2.40. The molecule has 0 radical (unpaired) electrons. The van der Waals surface area contributed by atoms with Crippen LogP contribution < -0.4 is 14.4 Å². The Bertz CT molecular complexity index is 871. The zero-order chi connectivity index (χ0) is 21.7. The Kier molecular flexibility index (Phi) is 7.49. The molecule has 9 heteroatoms. The quantitative estimate of drug-likeness (QED) is 0.470. The van der Waals surface area contributed by atoms with Crippen LogP contribution in [-0.2, 0) is 19.6 Å². The van der Waals surface area contributed by atoms with Crippen LogP contribution in [0, 0.1) is 0 Å². The van der Waals surface area contributed by atoms with Crippen LogP contribution in [0.1, 0.15) is 51.9 Å². The molecule has 1 atom stereocenters. The summed E-state index contributed by atoms with van der Waals surface area (Å²) in [6.07, 6.45) is 5.76. The monoisotopic (exact) mass is 437 g/mol. The second-order valence-corrected chi connectivity index (χ2v) is 9.57. The maximum absolute atomic E-state index is 12.8. The topological polar surface area (TPSA) is 96.0 Å². The van der Waals surface area contributed by atoms with Crippen molar-refractivity contribution in [3.8, 4) is 5.75 Å². The summed E-state index contributed by atoms with van der Waals surface area (Å²) in [7, 11) is -2.35. The lowest BCUT2D eigenvalue weighted by molar-refractivity contribution is -0.121. The molecule has 1 N–H and O–H groups in total. The molecule has 0 bridgehead atoms. The Morgan fingerprint density at radius 3 is 2.57 bits per heavy atom. The van der Waals surface area contributed by atoms with Crippen molar-refractivity contribution >= 4 is 27.5 Å². The second-order valence-electron chi connectivity index (χ2n) is 7.80. The molecule has 2 amide bonds. The number of rotatable bonds is 9. The van der Waals surface area contributed by atoms with Gasteiger partial charge >= 0.3 is 0 Å². The summed E-state index contributed by atoms with van der Waals surface area (Å²) < 4.78 is 33.4. The number of amides is 2. The van der Waals surface area contributed by atoms with E-state index >= 15 is 0 Å². The fourth-order valence-corrected chi connectivity index (χ4v) is 5.34. The maximum Gasteiger partial charge on any atom is 0.240 e. The van der Waals surface area contributed by atoms with E-state index in [1.807, 2.05) is 0 Å². The molecule has 1 aromatic carbocycles. The average Bonchev–Trinajstić information content (AvgIpc) is 3.08. The van der Waals surface area contributed by atoms with Crippen LogP contribution in [0.4, 0.5) is 5.69 Å². The minimum Gasteiger partial charge on any atom is -0.495 e. The Hall–Kier alpha value is -1.97. The summed E-state index contributed by atoms with van der Waals surface area (Å²) in [5, 5.41) is 0. The first kappa shape index (κ1) is 22.7. The third kappa shape index (κ3) is 5.01. The Morgan fingerprint density at radius 2 is 1.90 bits per heavy atom. The van der Waals surface area contributed by atoms with Crippen LogP contribution in [0.5, 0.6) is 5.75 Å². The third-order valence-electron chi connectivity index (χ3n) is 5.89. The molecule has 2 saturated heterocycles. The summed E-state index contributed by atoms with van der Waals surface area (Å²) in [6, 6.07) is 4.82. The molecule has 2 heterocycles. The number of anilines is 1. The summed E-state index contributed by atoms with van der Waals surface area (Å²) in [5.74, 6) is -0.422. The predicted octanol–water partition coefficient (Wildman–Crippen LogP) is 2.28. The minimum atomic E-state index is -3.77. The van der Waals surface area contributed by atoms with Crippen molar-refractivity contribution in [3.63, 3.8) is 0 Å². The highest BCUT2D eigenvalue weighted by molar-refractivity contribution is 7.89. The first-order valence-corrected chi connectivity index (χ1v) is 12.1. The molecule has 30 heavy (non-hydrogen) atoms. The average molecular weight is 438 g/mol. The molecule has 2 aliphatic rings.